The summed E-state index contributed by atoms with van der Waals surface area (Å²) in [6, 6.07) is 1.14. The Morgan fingerprint density at radius 3 is 2.92 bits per heavy atom. The van der Waals surface area contributed by atoms with Crippen LogP contribution >= 0.6 is 0 Å². The van der Waals surface area contributed by atoms with Crippen molar-refractivity contribution in [1.82, 2.24) is 4.98 Å². The predicted octanol–water partition coefficient (Wildman–Crippen LogP) is 2.31. The molecule has 1 aromatic rings. The van der Waals surface area contributed by atoms with Crippen LogP contribution in [0, 0.1) is 12.4 Å². The summed E-state index contributed by atoms with van der Waals surface area (Å²) in [4.78, 5) is 6.78. The van der Waals surface area contributed by atoms with Gasteiger partial charge in [-0.25, -0.2) is 14.2 Å². The van der Waals surface area contributed by atoms with E-state index in [0.29, 0.717) is 0 Å². The van der Waals surface area contributed by atoms with Gasteiger partial charge in [0.05, 0.1) is 6.57 Å². The van der Waals surface area contributed by atoms with Gasteiger partial charge in [0.25, 0.3) is 0 Å². The fourth-order valence-corrected chi connectivity index (χ4v) is 0.907. The van der Waals surface area contributed by atoms with Gasteiger partial charge < -0.3 is 4.74 Å². The number of rotatable bonds is 2. The molecule has 1 aliphatic carbocycles. The summed E-state index contributed by atoms with van der Waals surface area (Å²) in [5, 5.41) is 0. The largest absolute Gasteiger partial charge is 0.472 e. The maximum atomic E-state index is 13.1. The number of hydrogen-bond donors (Lipinski definition) is 0. The van der Waals surface area contributed by atoms with E-state index in [-0.39, 0.29) is 17.7 Å². The van der Waals surface area contributed by atoms with Crippen molar-refractivity contribution >= 4 is 5.69 Å². The average molecular weight is 178 g/mol. The van der Waals surface area contributed by atoms with Crippen LogP contribution in [-0.2, 0) is 0 Å². The summed E-state index contributed by atoms with van der Waals surface area (Å²) in [7, 11) is 0. The molecule has 0 bridgehead atoms. The Morgan fingerprint density at radius 1 is 1.62 bits per heavy atom. The van der Waals surface area contributed by atoms with E-state index in [2.05, 4.69) is 9.83 Å². The third-order valence-corrected chi connectivity index (χ3v) is 1.72. The summed E-state index contributed by atoms with van der Waals surface area (Å²) in [5.41, 5.74) is 0.195. The molecule has 0 aliphatic heterocycles. The Labute approximate surface area is 75.0 Å². The van der Waals surface area contributed by atoms with Crippen LogP contribution < -0.4 is 4.74 Å². The molecule has 1 heterocycles. The van der Waals surface area contributed by atoms with Gasteiger partial charge in [-0.2, -0.15) is 0 Å². The van der Waals surface area contributed by atoms with Crippen LogP contribution in [0.3, 0.4) is 0 Å². The molecule has 1 aromatic heterocycles. The Morgan fingerprint density at radius 2 is 2.38 bits per heavy atom. The minimum absolute atomic E-state index is 0.00917. The summed E-state index contributed by atoms with van der Waals surface area (Å²) in [6.07, 6.45) is 3.37. The Bertz CT molecular complexity index is 368. The molecular formula is C9H7FN2O. The normalized spacial score (nSPS) is 15.1. The Balaban J connectivity index is 2.21. The third-order valence-electron chi connectivity index (χ3n) is 1.72. The van der Waals surface area contributed by atoms with Crippen molar-refractivity contribution in [2.24, 2.45) is 0 Å². The predicted molar refractivity (Wildman–Crippen MR) is 44.1 cm³/mol. The molecule has 0 radical (unpaired) electrons. The molecule has 4 heteroatoms. The number of nitrogens with zero attached hydrogens (tertiary/aromatic N) is 2. The van der Waals surface area contributed by atoms with E-state index in [1.54, 1.807) is 0 Å². The number of halogens is 1. The van der Waals surface area contributed by atoms with Gasteiger partial charge in [-0.05, 0) is 18.9 Å². The third kappa shape index (κ3) is 1.75. The fraction of sp³-hybridized carbons (Fsp3) is 0.333. The fourth-order valence-electron chi connectivity index (χ4n) is 0.907. The first-order valence-electron chi connectivity index (χ1n) is 3.99. The summed E-state index contributed by atoms with van der Waals surface area (Å²) in [6.45, 7) is 6.64. The SMILES string of the molecule is [C-]#[N+]c1cnc(OC2CC2)c(F)c1. The van der Waals surface area contributed by atoms with E-state index in [0.717, 1.165) is 18.9 Å². The van der Waals surface area contributed by atoms with Gasteiger partial charge in [0.2, 0.25) is 11.6 Å². The van der Waals surface area contributed by atoms with Crippen molar-refractivity contribution in [3.63, 3.8) is 0 Å². The second-order valence-electron chi connectivity index (χ2n) is 2.91. The number of pyridine rings is 1. The van der Waals surface area contributed by atoms with Gasteiger partial charge in [0.1, 0.15) is 6.10 Å². The molecule has 0 atom stereocenters. The zero-order valence-electron chi connectivity index (χ0n) is 6.83. The molecule has 0 saturated heterocycles. The van der Waals surface area contributed by atoms with Gasteiger partial charge in [0, 0.05) is 6.20 Å². The molecule has 0 N–H and O–H groups in total. The Kier molecular flexibility index (Phi) is 1.85. The second kappa shape index (κ2) is 3.02. The quantitative estimate of drug-likeness (QED) is 0.649. The number of aromatic nitrogens is 1. The van der Waals surface area contributed by atoms with Gasteiger partial charge >= 0.3 is 0 Å². The van der Waals surface area contributed by atoms with Crippen molar-refractivity contribution in [2.45, 2.75) is 18.9 Å². The lowest BCUT2D eigenvalue weighted by Gasteiger charge is -2.03. The van der Waals surface area contributed by atoms with Gasteiger partial charge in [0.15, 0.2) is 5.82 Å². The molecule has 66 valence electrons. The monoisotopic (exact) mass is 178 g/mol. The van der Waals surface area contributed by atoms with Crippen molar-refractivity contribution in [3.05, 3.63) is 29.5 Å². The smallest absolute Gasteiger partial charge is 0.248 e. The van der Waals surface area contributed by atoms with Crippen LogP contribution in [-0.4, -0.2) is 11.1 Å². The lowest BCUT2D eigenvalue weighted by molar-refractivity contribution is 0.275. The molecular weight excluding hydrogens is 171 g/mol. The summed E-state index contributed by atoms with van der Waals surface area (Å²) < 4.78 is 18.3. The number of hydrogen-bond acceptors (Lipinski definition) is 2. The highest BCUT2D eigenvalue weighted by Crippen LogP contribution is 2.28. The van der Waals surface area contributed by atoms with E-state index in [1.807, 2.05) is 0 Å². The molecule has 1 aliphatic rings. The average Bonchev–Trinajstić information content (AvgIpc) is 2.92. The second-order valence-corrected chi connectivity index (χ2v) is 2.91. The van der Waals surface area contributed by atoms with Crippen molar-refractivity contribution in [3.8, 4) is 5.88 Å². The van der Waals surface area contributed by atoms with Gasteiger partial charge in [-0.15, -0.1) is 0 Å². The van der Waals surface area contributed by atoms with E-state index in [1.165, 1.54) is 6.20 Å². The van der Waals surface area contributed by atoms with Crippen molar-refractivity contribution in [1.29, 1.82) is 0 Å². The first kappa shape index (κ1) is 7.99. The minimum Gasteiger partial charge on any atom is -0.472 e. The molecule has 0 aromatic carbocycles. The molecule has 1 saturated carbocycles. The molecule has 0 amide bonds. The van der Waals surface area contributed by atoms with Crippen molar-refractivity contribution < 1.29 is 9.13 Å². The number of ether oxygens (including phenoxy) is 1. The molecule has 0 spiro atoms. The van der Waals surface area contributed by atoms with Crippen LogP contribution in [0.4, 0.5) is 10.1 Å². The van der Waals surface area contributed by atoms with Crippen LogP contribution in [0.1, 0.15) is 12.8 Å². The van der Waals surface area contributed by atoms with Crippen LogP contribution in [0.25, 0.3) is 4.85 Å². The summed E-state index contributed by atoms with van der Waals surface area (Å²) in [5.74, 6) is -0.546. The van der Waals surface area contributed by atoms with E-state index in [9.17, 15) is 4.39 Å². The van der Waals surface area contributed by atoms with Crippen LogP contribution in [0.5, 0.6) is 5.88 Å². The zero-order chi connectivity index (χ0) is 9.26. The van der Waals surface area contributed by atoms with E-state index < -0.39 is 5.82 Å². The zero-order valence-corrected chi connectivity index (χ0v) is 6.83. The standard InChI is InChI=1S/C9H7FN2O/c1-11-6-4-8(10)9(12-5-6)13-7-2-3-7/h4-5,7H,2-3H2. The highest BCUT2D eigenvalue weighted by molar-refractivity contribution is 5.43. The molecule has 13 heavy (non-hydrogen) atoms. The van der Waals surface area contributed by atoms with Gasteiger partial charge in [-0.3, -0.25) is 0 Å². The first-order chi connectivity index (χ1) is 6.29. The topological polar surface area (TPSA) is 26.5 Å². The van der Waals surface area contributed by atoms with Gasteiger partial charge in [-0.1, -0.05) is 0 Å². The lowest BCUT2D eigenvalue weighted by atomic mass is 10.4. The Hall–Kier alpha value is -1.63. The molecule has 1 fully saturated rings. The molecule has 2 rings (SSSR count). The van der Waals surface area contributed by atoms with E-state index in [4.69, 9.17) is 11.3 Å². The summed E-state index contributed by atoms with van der Waals surface area (Å²) >= 11 is 0. The highest BCUT2D eigenvalue weighted by atomic mass is 19.1. The molecule has 3 nitrogen and oxygen atoms in total. The van der Waals surface area contributed by atoms with E-state index >= 15 is 0 Å². The lowest BCUT2D eigenvalue weighted by Crippen LogP contribution is -2.00. The highest BCUT2D eigenvalue weighted by Gasteiger charge is 2.25. The van der Waals surface area contributed by atoms with Crippen LogP contribution in [0.2, 0.25) is 0 Å². The molecule has 0 unspecified atom stereocenters. The first-order valence-corrected chi connectivity index (χ1v) is 3.99. The maximum absolute atomic E-state index is 13.1. The van der Waals surface area contributed by atoms with Crippen molar-refractivity contribution in [2.75, 3.05) is 0 Å². The minimum atomic E-state index is -0.555. The maximum Gasteiger partial charge on any atom is 0.248 e. The van der Waals surface area contributed by atoms with Crippen LogP contribution in [0.15, 0.2) is 12.3 Å².